The minimum absolute atomic E-state index is 0.0118. The zero-order valence-corrected chi connectivity index (χ0v) is 17.3. The molecule has 1 aliphatic heterocycles. The molecule has 0 spiro atoms. The van der Waals surface area contributed by atoms with E-state index in [1.54, 1.807) is 7.11 Å². The number of carbonyl (C=O) groups is 2. The van der Waals surface area contributed by atoms with Crippen molar-refractivity contribution in [3.63, 3.8) is 0 Å². The fourth-order valence-electron chi connectivity index (χ4n) is 3.87. The molecule has 1 N–H and O–H groups in total. The summed E-state index contributed by atoms with van der Waals surface area (Å²) in [4.78, 5) is 27.6. The van der Waals surface area contributed by atoms with Gasteiger partial charge in [-0.05, 0) is 24.5 Å². The van der Waals surface area contributed by atoms with Gasteiger partial charge in [0.2, 0.25) is 11.8 Å². The number of nitrogens with zero attached hydrogens (tertiary/aromatic N) is 1. The normalized spacial score (nSPS) is 18.6. The zero-order chi connectivity index (χ0) is 20.6. The molecule has 0 bridgehead atoms. The number of hydrogen-bond donors (Lipinski definition) is 1. The number of ether oxygens (including phenoxy) is 1. The van der Waals surface area contributed by atoms with Gasteiger partial charge in [-0.1, -0.05) is 60.2 Å². The van der Waals surface area contributed by atoms with E-state index in [1.807, 2.05) is 42.2 Å². The second-order valence-electron chi connectivity index (χ2n) is 7.72. The molecular weight excluding hydrogens is 364 g/mol. The van der Waals surface area contributed by atoms with Crippen molar-refractivity contribution in [2.24, 2.45) is 5.92 Å². The van der Waals surface area contributed by atoms with E-state index in [1.165, 1.54) is 5.56 Å². The molecule has 1 heterocycles. The number of rotatable bonds is 8. The molecule has 5 nitrogen and oxygen atoms in total. The van der Waals surface area contributed by atoms with Crippen molar-refractivity contribution < 1.29 is 14.3 Å². The topological polar surface area (TPSA) is 58.6 Å². The third-order valence-electron chi connectivity index (χ3n) is 5.54. The summed E-state index contributed by atoms with van der Waals surface area (Å²) in [6, 6.07) is 18.1. The Morgan fingerprint density at radius 2 is 1.79 bits per heavy atom. The summed E-state index contributed by atoms with van der Waals surface area (Å²) in [7, 11) is 1.66. The summed E-state index contributed by atoms with van der Waals surface area (Å²) in [5, 5.41) is 3.02. The number of amides is 2. The Kier molecular flexibility index (Phi) is 7.42. The van der Waals surface area contributed by atoms with Gasteiger partial charge in [0.15, 0.2) is 0 Å². The number of likely N-dealkylation sites (tertiary alicyclic amines) is 1. The van der Waals surface area contributed by atoms with Crippen molar-refractivity contribution in [1.29, 1.82) is 0 Å². The van der Waals surface area contributed by atoms with Crippen LogP contribution >= 0.6 is 0 Å². The summed E-state index contributed by atoms with van der Waals surface area (Å²) in [6.45, 7) is 4.29. The van der Waals surface area contributed by atoms with Gasteiger partial charge in [0.1, 0.15) is 0 Å². The van der Waals surface area contributed by atoms with Gasteiger partial charge in [0, 0.05) is 39.3 Å². The van der Waals surface area contributed by atoms with Crippen LogP contribution in [-0.2, 0) is 20.7 Å². The van der Waals surface area contributed by atoms with E-state index in [4.69, 9.17) is 4.74 Å². The molecule has 2 atom stereocenters. The number of hydrogen-bond acceptors (Lipinski definition) is 3. The predicted molar refractivity (Wildman–Crippen MR) is 114 cm³/mol. The van der Waals surface area contributed by atoms with Crippen molar-refractivity contribution in [3.8, 4) is 0 Å². The van der Waals surface area contributed by atoms with Crippen molar-refractivity contribution in [1.82, 2.24) is 10.2 Å². The van der Waals surface area contributed by atoms with Crippen LogP contribution in [0.1, 0.15) is 29.0 Å². The Balaban J connectivity index is 1.71. The quantitative estimate of drug-likeness (QED) is 0.701. The Morgan fingerprint density at radius 3 is 2.48 bits per heavy atom. The molecule has 1 fully saturated rings. The van der Waals surface area contributed by atoms with Crippen LogP contribution in [-0.4, -0.2) is 50.1 Å². The SMILES string of the molecule is COCCCNC(=O)C1CN(C(=O)Cc2ccccc2)CC1c1ccc(C)cc1. The molecule has 3 rings (SSSR count). The van der Waals surface area contributed by atoms with Crippen molar-refractivity contribution in [2.75, 3.05) is 33.4 Å². The van der Waals surface area contributed by atoms with Crippen LogP contribution in [0.25, 0.3) is 0 Å². The number of aryl methyl sites for hydroxylation is 1. The Labute approximate surface area is 173 Å². The maximum Gasteiger partial charge on any atom is 0.227 e. The monoisotopic (exact) mass is 394 g/mol. The van der Waals surface area contributed by atoms with E-state index >= 15 is 0 Å². The maximum absolute atomic E-state index is 12.9. The number of nitrogens with one attached hydrogen (secondary N) is 1. The second-order valence-corrected chi connectivity index (χ2v) is 7.72. The first-order valence-electron chi connectivity index (χ1n) is 10.2. The van der Waals surface area contributed by atoms with Crippen LogP contribution in [0.2, 0.25) is 0 Å². The average molecular weight is 395 g/mol. The number of benzene rings is 2. The summed E-state index contributed by atoms with van der Waals surface area (Å²) < 4.78 is 5.05. The fraction of sp³-hybridized carbons (Fsp3) is 0.417. The summed E-state index contributed by atoms with van der Waals surface area (Å²) in [5.41, 5.74) is 3.30. The van der Waals surface area contributed by atoms with Gasteiger partial charge >= 0.3 is 0 Å². The number of carbonyl (C=O) groups excluding carboxylic acids is 2. The molecule has 154 valence electrons. The van der Waals surface area contributed by atoms with E-state index in [0.717, 1.165) is 17.5 Å². The molecule has 2 aromatic rings. The van der Waals surface area contributed by atoms with Gasteiger partial charge in [-0.15, -0.1) is 0 Å². The second kappa shape index (κ2) is 10.2. The maximum atomic E-state index is 12.9. The molecule has 2 amide bonds. The van der Waals surface area contributed by atoms with Gasteiger partial charge < -0.3 is 15.0 Å². The van der Waals surface area contributed by atoms with E-state index in [0.29, 0.717) is 32.7 Å². The van der Waals surface area contributed by atoms with Gasteiger partial charge in [-0.2, -0.15) is 0 Å². The fourth-order valence-corrected chi connectivity index (χ4v) is 3.87. The molecule has 2 aromatic carbocycles. The molecule has 29 heavy (non-hydrogen) atoms. The molecule has 2 unspecified atom stereocenters. The first-order chi connectivity index (χ1) is 14.1. The van der Waals surface area contributed by atoms with Gasteiger partial charge in [0.25, 0.3) is 0 Å². The lowest BCUT2D eigenvalue weighted by Crippen LogP contribution is -2.36. The molecule has 0 radical (unpaired) electrons. The van der Waals surface area contributed by atoms with Crippen LogP contribution in [0.4, 0.5) is 0 Å². The highest BCUT2D eigenvalue weighted by atomic mass is 16.5. The lowest BCUT2D eigenvalue weighted by Gasteiger charge is -2.18. The third kappa shape index (κ3) is 5.67. The van der Waals surface area contributed by atoms with Crippen LogP contribution in [0, 0.1) is 12.8 Å². The zero-order valence-electron chi connectivity index (χ0n) is 17.3. The average Bonchev–Trinajstić information content (AvgIpc) is 3.18. The first-order valence-corrected chi connectivity index (χ1v) is 10.2. The van der Waals surface area contributed by atoms with E-state index in [2.05, 4.69) is 29.6 Å². The van der Waals surface area contributed by atoms with Crippen LogP contribution in [0.3, 0.4) is 0 Å². The minimum atomic E-state index is -0.236. The van der Waals surface area contributed by atoms with Crippen LogP contribution in [0.15, 0.2) is 54.6 Å². The Bertz CT molecular complexity index is 805. The summed E-state index contributed by atoms with van der Waals surface area (Å²) in [6.07, 6.45) is 1.14. The highest BCUT2D eigenvalue weighted by molar-refractivity contribution is 5.84. The molecule has 1 aliphatic rings. The lowest BCUT2D eigenvalue weighted by molar-refractivity contribution is -0.130. The summed E-state index contributed by atoms with van der Waals surface area (Å²) in [5.74, 6) is -0.137. The van der Waals surface area contributed by atoms with Gasteiger partial charge in [0.05, 0.1) is 12.3 Å². The molecule has 1 saturated heterocycles. The standard InChI is InChI=1S/C24H30N2O3/c1-18-9-11-20(12-10-18)21-16-26(23(27)15-19-7-4-3-5-8-19)17-22(21)24(28)25-13-6-14-29-2/h3-5,7-12,21-22H,6,13-17H2,1-2H3,(H,25,28). The Hall–Kier alpha value is -2.66. The highest BCUT2D eigenvalue weighted by Gasteiger charge is 2.40. The lowest BCUT2D eigenvalue weighted by atomic mass is 9.88. The van der Waals surface area contributed by atoms with Crippen molar-refractivity contribution >= 4 is 11.8 Å². The van der Waals surface area contributed by atoms with Crippen LogP contribution < -0.4 is 5.32 Å². The van der Waals surface area contributed by atoms with Crippen molar-refractivity contribution in [3.05, 3.63) is 71.3 Å². The molecule has 5 heteroatoms. The largest absolute Gasteiger partial charge is 0.385 e. The molecule has 0 saturated carbocycles. The third-order valence-corrected chi connectivity index (χ3v) is 5.54. The van der Waals surface area contributed by atoms with E-state index in [-0.39, 0.29) is 23.7 Å². The molecule has 0 aliphatic carbocycles. The smallest absolute Gasteiger partial charge is 0.227 e. The van der Waals surface area contributed by atoms with E-state index in [9.17, 15) is 9.59 Å². The number of methoxy groups -OCH3 is 1. The molecular formula is C24H30N2O3. The summed E-state index contributed by atoms with van der Waals surface area (Å²) >= 11 is 0. The van der Waals surface area contributed by atoms with Gasteiger partial charge in [-0.25, -0.2) is 0 Å². The highest BCUT2D eigenvalue weighted by Crippen LogP contribution is 2.33. The van der Waals surface area contributed by atoms with Crippen LogP contribution in [0.5, 0.6) is 0 Å². The molecule has 0 aromatic heterocycles. The predicted octanol–water partition coefficient (Wildman–Crippen LogP) is 2.93. The minimum Gasteiger partial charge on any atom is -0.385 e. The van der Waals surface area contributed by atoms with Gasteiger partial charge in [-0.3, -0.25) is 9.59 Å². The first kappa shape index (κ1) is 21.1. The van der Waals surface area contributed by atoms with E-state index < -0.39 is 0 Å². The van der Waals surface area contributed by atoms with Crippen molar-refractivity contribution in [2.45, 2.75) is 25.7 Å². The Morgan fingerprint density at radius 1 is 1.07 bits per heavy atom.